The maximum atomic E-state index is 13.3. The first-order valence-electron chi connectivity index (χ1n) is 11.1. The van der Waals surface area contributed by atoms with Crippen molar-refractivity contribution < 1.29 is 9.59 Å². The summed E-state index contributed by atoms with van der Waals surface area (Å²) in [6.45, 7) is 6.25. The molecule has 0 saturated heterocycles. The first kappa shape index (κ1) is 23.0. The number of thioether (sulfide) groups is 1. The van der Waals surface area contributed by atoms with Crippen molar-refractivity contribution in [2.75, 3.05) is 5.75 Å². The minimum Gasteiger partial charge on any atom is -0.333 e. The Morgan fingerprint density at radius 1 is 1.12 bits per heavy atom. The summed E-state index contributed by atoms with van der Waals surface area (Å²) < 4.78 is 3.43. The number of hydrogen-bond acceptors (Lipinski definition) is 6. The fourth-order valence-electron chi connectivity index (χ4n) is 3.87. The van der Waals surface area contributed by atoms with Gasteiger partial charge in [0.25, 0.3) is 5.56 Å². The molecule has 3 aliphatic rings. The number of para-hydroxylation sites is 1. The number of carbonyl (C=O) groups is 2. The van der Waals surface area contributed by atoms with E-state index >= 15 is 0 Å². The highest BCUT2D eigenvalue weighted by atomic mass is 32.2. The molecule has 0 spiro atoms. The lowest BCUT2D eigenvalue weighted by Gasteiger charge is -2.20. The van der Waals surface area contributed by atoms with Crippen LogP contribution >= 0.6 is 11.8 Å². The summed E-state index contributed by atoms with van der Waals surface area (Å²) in [6, 6.07) is 8.75. The van der Waals surface area contributed by atoms with Gasteiger partial charge in [0, 0.05) is 17.8 Å². The van der Waals surface area contributed by atoms with Crippen LogP contribution in [-0.4, -0.2) is 42.6 Å². The van der Waals surface area contributed by atoms with Gasteiger partial charge in [0.2, 0.25) is 5.91 Å². The van der Waals surface area contributed by atoms with Gasteiger partial charge in [-0.15, -0.1) is 5.10 Å². The predicted molar refractivity (Wildman–Crippen MR) is 127 cm³/mol. The van der Waals surface area contributed by atoms with Crippen LogP contribution in [0.4, 0.5) is 4.79 Å². The minimum atomic E-state index is -0.527. The summed E-state index contributed by atoms with van der Waals surface area (Å²) >= 11 is 1.25. The van der Waals surface area contributed by atoms with Crippen LogP contribution in [0.25, 0.3) is 17.1 Å². The Morgan fingerprint density at radius 3 is 2.61 bits per heavy atom. The van der Waals surface area contributed by atoms with E-state index in [9.17, 15) is 14.4 Å². The molecule has 2 N–H and O–H groups in total. The first-order valence-corrected chi connectivity index (χ1v) is 12.0. The topological polar surface area (TPSA) is 111 Å². The Hall–Kier alpha value is -3.14. The summed E-state index contributed by atoms with van der Waals surface area (Å²) in [7, 11) is 0. The summed E-state index contributed by atoms with van der Waals surface area (Å²) in [5, 5.41) is 10.2. The molecule has 0 atom stereocenters. The molecule has 9 nitrogen and oxygen atoms in total. The van der Waals surface area contributed by atoms with Crippen molar-refractivity contribution >= 4 is 23.7 Å². The highest BCUT2D eigenvalue weighted by Gasteiger charge is 2.27. The second kappa shape index (κ2) is 9.38. The van der Waals surface area contributed by atoms with E-state index in [2.05, 4.69) is 20.7 Å². The monoisotopic (exact) mass is 468 g/mol. The van der Waals surface area contributed by atoms with Crippen molar-refractivity contribution in [3.05, 3.63) is 46.4 Å². The lowest BCUT2D eigenvalue weighted by Crippen LogP contribution is -2.48. The van der Waals surface area contributed by atoms with Gasteiger partial charge < -0.3 is 9.88 Å². The van der Waals surface area contributed by atoms with Crippen molar-refractivity contribution in [1.29, 1.82) is 0 Å². The van der Waals surface area contributed by atoms with E-state index in [-0.39, 0.29) is 11.3 Å². The molecule has 0 aromatic heterocycles. The van der Waals surface area contributed by atoms with Crippen LogP contribution in [0.15, 0.2) is 40.3 Å². The van der Waals surface area contributed by atoms with Gasteiger partial charge in [-0.1, -0.05) is 36.4 Å². The number of aromatic nitrogens is 4. The second-order valence-corrected chi connectivity index (χ2v) is 10.0. The van der Waals surface area contributed by atoms with E-state index in [4.69, 9.17) is 0 Å². The maximum absolute atomic E-state index is 13.3. The molecule has 0 saturated carbocycles. The summed E-state index contributed by atoms with van der Waals surface area (Å²) in [6.07, 6.45) is 3.76. The number of amides is 3. The van der Waals surface area contributed by atoms with Crippen LogP contribution in [-0.2, 0) is 17.8 Å². The zero-order valence-electron chi connectivity index (χ0n) is 19.1. The Labute approximate surface area is 196 Å². The van der Waals surface area contributed by atoms with Gasteiger partial charge in [-0.3, -0.25) is 14.9 Å². The molecule has 3 aliphatic heterocycles. The molecule has 0 radical (unpaired) electrons. The molecule has 4 rings (SSSR count). The zero-order valence-corrected chi connectivity index (χ0v) is 19.9. The van der Waals surface area contributed by atoms with Gasteiger partial charge in [0.15, 0.2) is 11.0 Å². The highest BCUT2D eigenvalue weighted by molar-refractivity contribution is 7.99. The number of hydrogen-bond donors (Lipinski definition) is 2. The van der Waals surface area contributed by atoms with E-state index in [0.717, 1.165) is 37.9 Å². The van der Waals surface area contributed by atoms with E-state index in [1.54, 1.807) is 0 Å². The standard InChI is InChI=1S/C23H28N6O3S/c1-23(2,3)26-21(32)24-17(30)14-33-22-25-19-18(16-12-8-5-9-13-28(16)22)20(31)29(27-19)15-10-6-4-7-11-15/h4,6-7,10-11H,5,8-9,12-14H2,1-3H3,(H2,24,26,30,32). The van der Waals surface area contributed by atoms with Crippen molar-refractivity contribution in [2.24, 2.45) is 0 Å². The van der Waals surface area contributed by atoms with Gasteiger partial charge in [-0.05, 0) is 52.2 Å². The highest BCUT2D eigenvalue weighted by Crippen LogP contribution is 2.30. The molecule has 0 fully saturated rings. The third-order valence-corrected chi connectivity index (χ3v) is 6.22. The molecule has 174 valence electrons. The smallest absolute Gasteiger partial charge is 0.321 e. The summed E-state index contributed by atoms with van der Waals surface area (Å²) in [5.41, 5.74) is 1.52. The number of nitrogens with zero attached hydrogens (tertiary/aromatic N) is 4. The molecule has 33 heavy (non-hydrogen) atoms. The predicted octanol–water partition coefficient (Wildman–Crippen LogP) is 2.98. The van der Waals surface area contributed by atoms with Crippen LogP contribution < -0.4 is 16.2 Å². The molecule has 1 aromatic rings. The maximum Gasteiger partial charge on any atom is 0.321 e. The van der Waals surface area contributed by atoms with Gasteiger partial charge in [0.05, 0.1) is 11.4 Å². The van der Waals surface area contributed by atoms with Crippen LogP contribution in [0.5, 0.6) is 0 Å². The molecule has 0 unspecified atom stereocenters. The van der Waals surface area contributed by atoms with E-state index in [0.29, 0.717) is 22.2 Å². The molecule has 3 amide bonds. The number of imide groups is 1. The summed E-state index contributed by atoms with van der Waals surface area (Å²) in [4.78, 5) is 42.3. The largest absolute Gasteiger partial charge is 0.333 e. The third kappa shape index (κ3) is 5.27. The average Bonchev–Trinajstić information content (AvgIpc) is 2.92. The quantitative estimate of drug-likeness (QED) is 0.450. The van der Waals surface area contributed by atoms with Crippen LogP contribution in [0.3, 0.4) is 0 Å². The number of urea groups is 1. The Kier molecular flexibility index (Phi) is 6.55. The van der Waals surface area contributed by atoms with Crippen molar-refractivity contribution in [3.8, 4) is 17.1 Å². The molecule has 0 bridgehead atoms. The fraction of sp³-hybridized carbons (Fsp3) is 0.435. The number of benzene rings is 1. The summed E-state index contributed by atoms with van der Waals surface area (Å²) in [5.74, 6) is -0.00425. The molecule has 0 aliphatic carbocycles. The van der Waals surface area contributed by atoms with Gasteiger partial charge in [-0.25, -0.2) is 9.78 Å². The van der Waals surface area contributed by atoms with Gasteiger partial charge in [0.1, 0.15) is 5.56 Å². The van der Waals surface area contributed by atoms with Crippen LogP contribution in [0.1, 0.15) is 45.7 Å². The second-order valence-electron chi connectivity index (χ2n) is 9.10. The van der Waals surface area contributed by atoms with Crippen LogP contribution in [0.2, 0.25) is 0 Å². The van der Waals surface area contributed by atoms with Crippen molar-refractivity contribution in [3.63, 3.8) is 0 Å². The SMILES string of the molecule is CC(C)(C)NC(=O)NC(=O)CSc1nc2nn(-c3ccccc3)c(=O)c-2c2n1CCCCC2. The minimum absolute atomic E-state index is 0.0269. The molecular formula is C23H28N6O3S. The molecule has 1 aromatic carbocycles. The Morgan fingerprint density at radius 2 is 1.88 bits per heavy atom. The fourth-order valence-corrected chi connectivity index (χ4v) is 4.71. The lowest BCUT2D eigenvalue weighted by atomic mass is 10.1. The number of rotatable bonds is 4. The molecule has 3 heterocycles. The normalized spacial score (nSPS) is 13.9. The Bertz CT molecular complexity index is 1200. The number of carbonyl (C=O) groups excluding carboxylic acids is 2. The average molecular weight is 469 g/mol. The number of fused-ring (bicyclic) bond motifs is 3. The molecule has 10 heteroatoms. The molecular weight excluding hydrogens is 440 g/mol. The van der Waals surface area contributed by atoms with E-state index < -0.39 is 17.5 Å². The Balaban J connectivity index is 1.64. The van der Waals surface area contributed by atoms with Crippen LogP contribution in [0, 0.1) is 0 Å². The lowest BCUT2D eigenvalue weighted by molar-refractivity contribution is -0.117. The third-order valence-electron chi connectivity index (χ3n) is 5.24. The van der Waals surface area contributed by atoms with Gasteiger partial charge >= 0.3 is 6.03 Å². The van der Waals surface area contributed by atoms with E-state index in [1.165, 1.54) is 16.4 Å². The zero-order chi connectivity index (χ0) is 23.6. The number of nitrogens with one attached hydrogen (secondary N) is 2. The van der Waals surface area contributed by atoms with Crippen molar-refractivity contribution in [2.45, 2.75) is 63.7 Å². The van der Waals surface area contributed by atoms with E-state index in [1.807, 2.05) is 55.7 Å². The first-order chi connectivity index (χ1) is 15.7. The van der Waals surface area contributed by atoms with Gasteiger partial charge in [-0.2, -0.15) is 4.68 Å². The van der Waals surface area contributed by atoms with Crippen molar-refractivity contribution in [1.82, 2.24) is 30.0 Å².